The van der Waals surface area contributed by atoms with Crippen molar-refractivity contribution in [3.8, 4) is 5.75 Å². The molecule has 0 bridgehead atoms. The van der Waals surface area contributed by atoms with Crippen LogP contribution in [-0.4, -0.2) is 109 Å². The molecule has 3 aliphatic heterocycles. The van der Waals surface area contributed by atoms with Crippen molar-refractivity contribution in [3.05, 3.63) is 65.2 Å². The Hall–Kier alpha value is -3.10. The van der Waals surface area contributed by atoms with Gasteiger partial charge in [-0.1, -0.05) is 36.4 Å². The first-order chi connectivity index (χ1) is 19.4. The third-order valence-corrected chi connectivity index (χ3v) is 9.71. The molecule has 1 aliphatic carbocycles. The third kappa shape index (κ3) is 5.07. The minimum Gasteiger partial charge on any atom is -0.497 e. The summed E-state index contributed by atoms with van der Waals surface area (Å²) in [6, 6.07) is 17.2. The number of urea groups is 1. The van der Waals surface area contributed by atoms with Crippen molar-refractivity contribution in [1.82, 2.24) is 24.5 Å². The molecule has 6 rings (SSSR count). The van der Waals surface area contributed by atoms with Crippen LogP contribution >= 0.6 is 0 Å². The largest absolute Gasteiger partial charge is 0.497 e. The Morgan fingerprint density at radius 3 is 2.05 bits per heavy atom. The van der Waals surface area contributed by atoms with Gasteiger partial charge in [0.15, 0.2) is 0 Å². The number of carbonyl (C=O) groups is 2. The Kier molecular flexibility index (Phi) is 7.48. The number of methoxy groups -OCH3 is 1. The monoisotopic (exact) mass is 545 g/mol. The maximum absolute atomic E-state index is 14.3. The fourth-order valence-electron chi connectivity index (χ4n) is 6.83. The second kappa shape index (κ2) is 11.1. The molecule has 2 aromatic carbocycles. The third-order valence-electron chi connectivity index (χ3n) is 9.71. The number of nitrogens with zero attached hydrogens (tertiary/aromatic N) is 5. The Morgan fingerprint density at radius 1 is 0.850 bits per heavy atom. The smallest absolute Gasteiger partial charge is 0.320 e. The maximum Gasteiger partial charge on any atom is 0.320 e. The van der Waals surface area contributed by atoms with Gasteiger partial charge in [0, 0.05) is 45.8 Å². The summed E-state index contributed by atoms with van der Waals surface area (Å²) in [6.45, 7) is 5.24. The molecule has 1 saturated carbocycles. The number of hydrogen-bond donors (Lipinski definition) is 0. The lowest BCUT2D eigenvalue weighted by atomic mass is 9.86. The predicted molar refractivity (Wildman–Crippen MR) is 155 cm³/mol. The minimum absolute atomic E-state index is 0.112. The number of ether oxygens (including phenoxy) is 1. The maximum atomic E-state index is 14.3. The summed E-state index contributed by atoms with van der Waals surface area (Å²) in [5, 5.41) is 0. The normalized spacial score (nSPS) is 23.7. The molecule has 1 atom stereocenters. The molecule has 2 aromatic rings. The molecule has 0 aromatic heterocycles. The van der Waals surface area contributed by atoms with Crippen LogP contribution in [0.1, 0.15) is 54.5 Å². The van der Waals surface area contributed by atoms with E-state index in [0.717, 1.165) is 38.3 Å². The Balaban J connectivity index is 1.20. The zero-order chi connectivity index (χ0) is 27.9. The molecule has 40 heavy (non-hydrogen) atoms. The van der Waals surface area contributed by atoms with E-state index in [1.165, 1.54) is 29.5 Å². The van der Waals surface area contributed by atoms with Crippen LogP contribution in [0.15, 0.2) is 48.5 Å². The van der Waals surface area contributed by atoms with Crippen molar-refractivity contribution < 1.29 is 14.3 Å². The van der Waals surface area contributed by atoms with Crippen LogP contribution in [0, 0.1) is 0 Å². The number of carbonyl (C=O) groups excluding carboxylic acids is 2. The van der Waals surface area contributed by atoms with Crippen molar-refractivity contribution >= 4 is 11.9 Å². The lowest BCUT2D eigenvalue weighted by Crippen LogP contribution is -2.59. The zero-order valence-corrected chi connectivity index (χ0v) is 24.2. The quantitative estimate of drug-likeness (QED) is 0.553. The Morgan fingerprint density at radius 2 is 1.45 bits per heavy atom. The van der Waals surface area contributed by atoms with Gasteiger partial charge in [0.2, 0.25) is 5.91 Å². The average Bonchev–Trinajstić information content (AvgIpc) is 3.82. The van der Waals surface area contributed by atoms with Gasteiger partial charge < -0.3 is 24.3 Å². The Bertz CT molecular complexity index is 1200. The van der Waals surface area contributed by atoms with Crippen LogP contribution < -0.4 is 4.74 Å². The van der Waals surface area contributed by atoms with Crippen LogP contribution in [0.3, 0.4) is 0 Å². The van der Waals surface area contributed by atoms with E-state index < -0.39 is 5.54 Å². The molecule has 4 aliphatic rings. The van der Waals surface area contributed by atoms with Crippen molar-refractivity contribution in [2.24, 2.45) is 0 Å². The van der Waals surface area contributed by atoms with Gasteiger partial charge in [-0.3, -0.25) is 9.69 Å². The summed E-state index contributed by atoms with van der Waals surface area (Å²) in [7, 11) is 5.89. The molecule has 8 heteroatoms. The van der Waals surface area contributed by atoms with E-state index in [2.05, 4.69) is 65.2 Å². The van der Waals surface area contributed by atoms with Gasteiger partial charge >= 0.3 is 6.03 Å². The standard InChI is InChI=1S/C32H43N5O3/c1-33-20-22-36(23-21-33)31(39)35-18-15-32(16-19-35)30(38)37(17-14-24-4-12-28(40-3)13-5-24)29(34(32)2)27-10-8-26(9-11-27)25-6-7-25/h4-5,8-13,25,29H,6-7,14-23H2,1-3H3. The number of benzene rings is 2. The van der Waals surface area contributed by atoms with E-state index in [1.807, 2.05) is 21.9 Å². The van der Waals surface area contributed by atoms with E-state index in [0.29, 0.717) is 38.4 Å². The number of hydrogen-bond acceptors (Lipinski definition) is 5. The molecular weight excluding hydrogens is 502 g/mol. The van der Waals surface area contributed by atoms with Gasteiger partial charge in [-0.15, -0.1) is 0 Å². The lowest BCUT2D eigenvalue weighted by Gasteiger charge is -2.44. The minimum atomic E-state index is -0.585. The Labute approximate surface area is 238 Å². The predicted octanol–water partition coefficient (Wildman–Crippen LogP) is 3.79. The lowest BCUT2D eigenvalue weighted by molar-refractivity contribution is -0.135. The molecule has 3 amide bonds. The highest BCUT2D eigenvalue weighted by molar-refractivity contribution is 5.89. The van der Waals surface area contributed by atoms with Gasteiger partial charge in [-0.05, 0) is 80.9 Å². The first kappa shape index (κ1) is 27.1. The molecule has 0 radical (unpaired) electrons. The van der Waals surface area contributed by atoms with E-state index >= 15 is 0 Å². The topological polar surface area (TPSA) is 59.6 Å². The van der Waals surface area contributed by atoms with E-state index in [1.54, 1.807) is 7.11 Å². The van der Waals surface area contributed by atoms with Crippen molar-refractivity contribution in [2.75, 3.05) is 67.0 Å². The van der Waals surface area contributed by atoms with Crippen LogP contribution in [-0.2, 0) is 11.2 Å². The van der Waals surface area contributed by atoms with Crippen LogP contribution in [0.4, 0.5) is 4.79 Å². The second-order valence-electron chi connectivity index (χ2n) is 12.1. The average molecular weight is 546 g/mol. The SMILES string of the molecule is COc1ccc(CCN2C(=O)C3(CCN(C(=O)N4CCN(C)CC4)CC3)N(C)C2c2ccc(C3CC3)cc2)cc1. The van der Waals surface area contributed by atoms with E-state index in [9.17, 15) is 9.59 Å². The number of rotatable bonds is 6. The van der Waals surface area contributed by atoms with E-state index in [-0.39, 0.29) is 18.1 Å². The van der Waals surface area contributed by atoms with Gasteiger partial charge in [-0.2, -0.15) is 0 Å². The summed E-state index contributed by atoms with van der Waals surface area (Å²) in [5.74, 6) is 1.74. The first-order valence-corrected chi connectivity index (χ1v) is 14.9. The number of amides is 3. The molecule has 0 N–H and O–H groups in total. The van der Waals surface area contributed by atoms with Crippen LogP contribution in [0.2, 0.25) is 0 Å². The highest BCUT2D eigenvalue weighted by Crippen LogP contribution is 2.46. The second-order valence-corrected chi connectivity index (χ2v) is 12.1. The highest BCUT2D eigenvalue weighted by Gasteiger charge is 2.57. The summed E-state index contributed by atoms with van der Waals surface area (Å²) in [4.78, 5) is 38.2. The number of likely N-dealkylation sites (N-methyl/N-ethyl adjacent to an activating group) is 2. The van der Waals surface area contributed by atoms with Gasteiger partial charge in [0.1, 0.15) is 17.5 Å². The molecule has 214 valence electrons. The molecular formula is C32H43N5O3. The van der Waals surface area contributed by atoms with Crippen molar-refractivity contribution in [1.29, 1.82) is 0 Å². The molecule has 1 spiro atoms. The number of piperidine rings is 1. The molecule has 8 nitrogen and oxygen atoms in total. The summed E-state index contributed by atoms with van der Waals surface area (Å²) in [5.41, 5.74) is 3.18. The van der Waals surface area contributed by atoms with Crippen LogP contribution in [0.25, 0.3) is 0 Å². The van der Waals surface area contributed by atoms with Crippen molar-refractivity contribution in [3.63, 3.8) is 0 Å². The zero-order valence-electron chi connectivity index (χ0n) is 24.2. The molecule has 4 fully saturated rings. The molecule has 1 unspecified atom stereocenters. The summed E-state index contributed by atoms with van der Waals surface area (Å²) >= 11 is 0. The van der Waals surface area contributed by atoms with Gasteiger partial charge in [0.05, 0.1) is 7.11 Å². The van der Waals surface area contributed by atoms with E-state index in [4.69, 9.17) is 4.74 Å². The van der Waals surface area contributed by atoms with Crippen molar-refractivity contribution in [2.45, 2.75) is 49.7 Å². The molecule has 3 heterocycles. The fourth-order valence-corrected chi connectivity index (χ4v) is 6.83. The van der Waals surface area contributed by atoms with Crippen LogP contribution in [0.5, 0.6) is 5.75 Å². The fraction of sp³-hybridized carbons (Fsp3) is 0.562. The number of likely N-dealkylation sites (tertiary alicyclic amines) is 1. The highest BCUT2D eigenvalue weighted by atomic mass is 16.5. The molecule has 3 saturated heterocycles. The summed E-state index contributed by atoms with van der Waals surface area (Å²) < 4.78 is 5.32. The number of piperazine rings is 1. The van der Waals surface area contributed by atoms with Gasteiger partial charge in [-0.25, -0.2) is 4.79 Å². The first-order valence-electron chi connectivity index (χ1n) is 14.9. The van der Waals surface area contributed by atoms with Gasteiger partial charge in [0.25, 0.3) is 0 Å². The summed E-state index contributed by atoms with van der Waals surface area (Å²) in [6.07, 6.45) is 4.56.